The van der Waals surface area contributed by atoms with Crippen molar-refractivity contribution in [3.8, 4) is 0 Å². The number of aliphatic hydroxyl groups is 1. The Morgan fingerprint density at radius 3 is 2.55 bits per heavy atom. The van der Waals surface area contributed by atoms with Gasteiger partial charge in [-0.05, 0) is 36.8 Å². The zero-order chi connectivity index (χ0) is 22.9. The quantitative estimate of drug-likeness (QED) is 0.536. The van der Waals surface area contributed by atoms with E-state index in [1.165, 1.54) is 4.70 Å². The lowest BCUT2D eigenvalue weighted by Crippen LogP contribution is -2.59. The van der Waals surface area contributed by atoms with Crippen molar-refractivity contribution in [3.63, 3.8) is 0 Å². The molecule has 3 aliphatic rings. The minimum atomic E-state index is -4.54. The van der Waals surface area contributed by atoms with Gasteiger partial charge in [-0.25, -0.2) is 9.97 Å². The smallest absolute Gasteiger partial charge is 0.389 e. The van der Waals surface area contributed by atoms with Crippen molar-refractivity contribution < 1.29 is 18.3 Å². The first-order valence-corrected chi connectivity index (χ1v) is 12.7. The third-order valence-corrected chi connectivity index (χ3v) is 9.37. The number of fused-ring (bicyclic) bond motifs is 2. The molecule has 2 aliphatic heterocycles. The van der Waals surface area contributed by atoms with Crippen LogP contribution in [-0.2, 0) is 6.18 Å². The van der Waals surface area contributed by atoms with Gasteiger partial charge in [-0.2, -0.15) is 18.2 Å². The van der Waals surface area contributed by atoms with Gasteiger partial charge in [-0.3, -0.25) is 0 Å². The van der Waals surface area contributed by atoms with Crippen LogP contribution in [0.25, 0.3) is 10.2 Å². The number of para-hydroxylation sites is 1. The van der Waals surface area contributed by atoms with Crippen LogP contribution in [0.5, 0.6) is 0 Å². The van der Waals surface area contributed by atoms with Crippen molar-refractivity contribution in [2.75, 3.05) is 35.2 Å². The molecule has 3 aromatic rings. The van der Waals surface area contributed by atoms with E-state index in [9.17, 15) is 18.3 Å². The van der Waals surface area contributed by atoms with E-state index >= 15 is 0 Å². The van der Waals surface area contributed by atoms with Crippen LogP contribution in [-0.4, -0.2) is 57.6 Å². The Kier molecular flexibility index (Phi) is 5.00. The van der Waals surface area contributed by atoms with Crippen molar-refractivity contribution in [1.29, 1.82) is 0 Å². The summed E-state index contributed by atoms with van der Waals surface area (Å²) in [5.74, 6) is 2.86. The average Bonchev–Trinajstić information content (AvgIpc) is 3.13. The summed E-state index contributed by atoms with van der Waals surface area (Å²) in [7, 11) is 0. The molecule has 0 radical (unpaired) electrons. The Balaban J connectivity index is 1.13. The summed E-state index contributed by atoms with van der Waals surface area (Å²) in [5, 5.41) is 9.77. The summed E-state index contributed by atoms with van der Waals surface area (Å²) in [4.78, 5) is 16.5. The van der Waals surface area contributed by atoms with Crippen LogP contribution in [0, 0.1) is 17.8 Å². The van der Waals surface area contributed by atoms with Gasteiger partial charge in [0.15, 0.2) is 10.0 Å². The second kappa shape index (κ2) is 7.71. The minimum Gasteiger partial charge on any atom is -0.389 e. The standard InChI is InChI=1S/C22H22F3N5OS2/c1-11-16(31)9-30(11)20-27-18(22(23,24)25)6-19(28-20)29-7-12-13(8-29)14(12)10-32-21-26-15-4-2-3-5-17(15)33-21/h2-6,11-14,16,31H,7-10H2,1H3/t11-,12-,13+,14+,16+/m0/s1. The Morgan fingerprint density at radius 2 is 1.88 bits per heavy atom. The zero-order valence-electron chi connectivity index (χ0n) is 17.7. The molecule has 5 atom stereocenters. The summed E-state index contributed by atoms with van der Waals surface area (Å²) in [6.45, 7) is 3.43. The lowest BCUT2D eigenvalue weighted by Gasteiger charge is -2.43. The molecule has 1 N–H and O–H groups in total. The SMILES string of the molecule is C[C@H]1[C@H](O)CN1c1nc(N2C[C@@H]3[C@@H](CSc4nc5ccccc5s4)[C@@H]3C2)cc(C(F)(F)F)n1. The largest absolute Gasteiger partial charge is 0.433 e. The van der Waals surface area contributed by atoms with Crippen LogP contribution in [0.1, 0.15) is 12.6 Å². The second-order valence-electron chi connectivity index (χ2n) is 9.02. The number of aliphatic hydroxyl groups excluding tert-OH is 1. The molecule has 11 heteroatoms. The second-order valence-corrected chi connectivity index (χ2v) is 11.3. The Morgan fingerprint density at radius 1 is 1.12 bits per heavy atom. The van der Waals surface area contributed by atoms with Gasteiger partial charge in [0.25, 0.3) is 0 Å². The first kappa shape index (κ1) is 21.4. The summed E-state index contributed by atoms with van der Waals surface area (Å²) < 4.78 is 42.7. The van der Waals surface area contributed by atoms with E-state index in [4.69, 9.17) is 0 Å². The molecule has 174 valence electrons. The van der Waals surface area contributed by atoms with Crippen LogP contribution < -0.4 is 9.80 Å². The summed E-state index contributed by atoms with van der Waals surface area (Å²) in [5.41, 5.74) is 0.0934. The molecule has 2 saturated heterocycles. The predicted molar refractivity (Wildman–Crippen MR) is 123 cm³/mol. The Bertz CT molecular complexity index is 1160. The van der Waals surface area contributed by atoms with Crippen LogP contribution in [0.2, 0.25) is 0 Å². The first-order valence-electron chi connectivity index (χ1n) is 10.9. The number of β-amino-alcohol motifs (C(OH)–C–C–N with tert-alkyl or cyclic N) is 1. The molecule has 4 heterocycles. The summed E-state index contributed by atoms with van der Waals surface area (Å²) in [6, 6.07) is 8.86. The highest BCUT2D eigenvalue weighted by Gasteiger charge is 2.55. The van der Waals surface area contributed by atoms with Gasteiger partial charge in [0.05, 0.1) is 22.4 Å². The number of rotatable bonds is 5. The highest BCUT2D eigenvalue weighted by atomic mass is 32.2. The number of aromatic nitrogens is 3. The topological polar surface area (TPSA) is 65.4 Å². The van der Waals surface area contributed by atoms with Crippen molar-refractivity contribution in [1.82, 2.24) is 15.0 Å². The summed E-state index contributed by atoms with van der Waals surface area (Å²) in [6.07, 6.45) is -5.11. The number of thioether (sulfide) groups is 1. The van der Waals surface area contributed by atoms with Crippen LogP contribution in [0.15, 0.2) is 34.7 Å². The average molecular weight is 494 g/mol. The van der Waals surface area contributed by atoms with Crippen molar-refractivity contribution in [2.24, 2.45) is 17.8 Å². The van der Waals surface area contributed by atoms with E-state index in [1.807, 2.05) is 23.1 Å². The van der Waals surface area contributed by atoms with E-state index < -0.39 is 18.0 Å². The maximum absolute atomic E-state index is 13.5. The van der Waals surface area contributed by atoms with Gasteiger partial charge in [-0.15, -0.1) is 11.3 Å². The maximum atomic E-state index is 13.5. The van der Waals surface area contributed by atoms with Crippen LogP contribution in [0.3, 0.4) is 0 Å². The highest BCUT2D eigenvalue weighted by Crippen LogP contribution is 2.54. The third kappa shape index (κ3) is 3.83. The fraction of sp³-hybridized carbons (Fsp3) is 0.500. The lowest BCUT2D eigenvalue weighted by molar-refractivity contribution is -0.141. The molecule has 3 fully saturated rings. The monoisotopic (exact) mass is 493 g/mol. The van der Waals surface area contributed by atoms with Gasteiger partial charge in [0.1, 0.15) is 5.82 Å². The van der Waals surface area contributed by atoms with E-state index in [1.54, 1.807) is 34.9 Å². The van der Waals surface area contributed by atoms with Gasteiger partial charge < -0.3 is 14.9 Å². The van der Waals surface area contributed by atoms with Gasteiger partial charge in [0, 0.05) is 31.5 Å². The first-order chi connectivity index (χ1) is 15.8. The Labute approximate surface area is 196 Å². The number of hydrogen-bond acceptors (Lipinski definition) is 8. The van der Waals surface area contributed by atoms with Crippen LogP contribution in [0.4, 0.5) is 24.9 Å². The highest BCUT2D eigenvalue weighted by molar-refractivity contribution is 8.01. The Hall–Kier alpha value is -2.11. The molecule has 2 aromatic heterocycles. The molecule has 0 spiro atoms. The fourth-order valence-electron chi connectivity index (χ4n) is 4.88. The van der Waals surface area contributed by atoms with E-state index in [2.05, 4.69) is 21.0 Å². The number of benzene rings is 1. The molecule has 6 rings (SSSR count). The number of anilines is 2. The van der Waals surface area contributed by atoms with Gasteiger partial charge in [-0.1, -0.05) is 23.9 Å². The van der Waals surface area contributed by atoms with Crippen molar-refractivity contribution in [2.45, 2.75) is 29.6 Å². The normalized spacial score (nSPS) is 28.8. The number of thiazole rings is 1. The maximum Gasteiger partial charge on any atom is 0.433 e. The molecular formula is C22H22F3N5OS2. The van der Waals surface area contributed by atoms with Crippen LogP contribution >= 0.6 is 23.1 Å². The number of alkyl halides is 3. The van der Waals surface area contributed by atoms with Crippen molar-refractivity contribution in [3.05, 3.63) is 36.0 Å². The molecule has 0 unspecified atom stereocenters. The van der Waals surface area contributed by atoms with Gasteiger partial charge in [0.2, 0.25) is 5.95 Å². The molecule has 0 amide bonds. The molecule has 1 saturated carbocycles. The number of hydrogen-bond donors (Lipinski definition) is 1. The third-order valence-electron chi connectivity index (χ3n) is 7.05. The fourth-order valence-corrected chi connectivity index (χ4v) is 7.27. The number of piperidine rings is 1. The lowest BCUT2D eigenvalue weighted by atomic mass is 10.0. The van der Waals surface area contributed by atoms with Gasteiger partial charge >= 0.3 is 6.18 Å². The predicted octanol–water partition coefficient (Wildman–Crippen LogP) is 4.15. The summed E-state index contributed by atoms with van der Waals surface area (Å²) >= 11 is 3.48. The number of nitrogens with zero attached hydrogens (tertiary/aromatic N) is 5. The molecular weight excluding hydrogens is 471 g/mol. The van der Waals surface area contributed by atoms with E-state index in [0.29, 0.717) is 36.7 Å². The number of halogens is 3. The molecule has 0 bridgehead atoms. The van der Waals surface area contributed by atoms with Crippen molar-refractivity contribution >= 4 is 45.1 Å². The van der Waals surface area contributed by atoms with E-state index in [-0.39, 0.29) is 18.5 Å². The minimum absolute atomic E-state index is 0.0427. The molecule has 1 aromatic carbocycles. The van der Waals surface area contributed by atoms with E-state index in [0.717, 1.165) is 21.7 Å². The molecule has 33 heavy (non-hydrogen) atoms. The molecule has 6 nitrogen and oxygen atoms in total. The molecule has 1 aliphatic carbocycles. The zero-order valence-corrected chi connectivity index (χ0v) is 19.4.